The van der Waals surface area contributed by atoms with E-state index in [0.717, 1.165) is 40.2 Å². The summed E-state index contributed by atoms with van der Waals surface area (Å²) >= 11 is 0. The first-order chi connectivity index (χ1) is 16.4. The third-order valence-corrected chi connectivity index (χ3v) is 5.57. The highest BCUT2D eigenvalue weighted by molar-refractivity contribution is 5.80. The summed E-state index contributed by atoms with van der Waals surface area (Å²) in [5, 5.41) is 6.57. The van der Waals surface area contributed by atoms with Crippen LogP contribution in [-0.4, -0.2) is 43.5 Å². The van der Waals surface area contributed by atoms with Gasteiger partial charge >= 0.3 is 0 Å². The van der Waals surface area contributed by atoms with E-state index >= 15 is 0 Å². The maximum absolute atomic E-state index is 10.4. The SMILES string of the molecule is C=C(NC=O)C(C#Cc1ccc2nc(C)ccc2c1)NC.C=C1c2cc(OC)ccc2CN1C. The molecule has 1 atom stereocenters. The monoisotopic (exact) mass is 454 g/mol. The Hall–Kier alpha value is -4.08. The molecule has 1 unspecified atom stereocenters. The number of rotatable bonds is 5. The summed E-state index contributed by atoms with van der Waals surface area (Å²) in [5.41, 5.74) is 6.99. The first kappa shape index (κ1) is 24.6. The lowest BCUT2D eigenvalue weighted by Gasteiger charge is -2.11. The van der Waals surface area contributed by atoms with E-state index in [1.807, 2.05) is 49.4 Å². The van der Waals surface area contributed by atoms with Crippen molar-refractivity contribution in [1.82, 2.24) is 20.5 Å². The van der Waals surface area contributed by atoms with E-state index in [4.69, 9.17) is 4.74 Å². The van der Waals surface area contributed by atoms with Crippen LogP contribution in [0.4, 0.5) is 0 Å². The van der Waals surface area contributed by atoms with Crippen LogP contribution >= 0.6 is 0 Å². The first-order valence-corrected chi connectivity index (χ1v) is 10.9. The number of aryl methyl sites for hydroxylation is 1. The van der Waals surface area contributed by atoms with E-state index in [-0.39, 0.29) is 6.04 Å². The fraction of sp³-hybridized carbons (Fsp3) is 0.214. The Morgan fingerprint density at radius 2 is 2.03 bits per heavy atom. The van der Waals surface area contributed by atoms with Crippen LogP contribution in [0, 0.1) is 18.8 Å². The Bertz CT molecular complexity index is 1290. The molecular formula is C28H30N4O2. The molecule has 6 nitrogen and oxygen atoms in total. The number of amides is 1. The summed E-state index contributed by atoms with van der Waals surface area (Å²) in [6, 6.07) is 15.7. The summed E-state index contributed by atoms with van der Waals surface area (Å²) in [6.07, 6.45) is 0.596. The highest BCUT2D eigenvalue weighted by Crippen LogP contribution is 2.32. The van der Waals surface area contributed by atoms with Gasteiger partial charge in [-0.1, -0.05) is 37.1 Å². The van der Waals surface area contributed by atoms with Crippen LogP contribution < -0.4 is 15.4 Å². The van der Waals surface area contributed by atoms with Gasteiger partial charge in [0, 0.05) is 47.2 Å². The largest absolute Gasteiger partial charge is 0.497 e. The molecule has 4 rings (SSSR count). The molecule has 174 valence electrons. The number of carbonyl (C=O) groups is 1. The fourth-order valence-electron chi connectivity index (χ4n) is 3.60. The molecule has 1 aromatic heterocycles. The Labute approximate surface area is 201 Å². The standard InChI is InChI=1S/C17H17N3O.C11H13NO/c1-12-4-7-15-10-14(6-9-17(15)20-12)5-8-16(18-3)13(2)19-11-21;1-8-11-6-10(13-3)5-4-9(11)7-12(8)2/h4,6-7,9-11,16,18H,2H2,1,3H3,(H,19,21);4-6H,1,7H2,2-3H3. The number of pyridine rings is 1. The predicted octanol–water partition coefficient (Wildman–Crippen LogP) is 3.85. The second kappa shape index (κ2) is 11.2. The number of nitrogens with zero attached hydrogens (tertiary/aromatic N) is 2. The molecule has 2 aromatic carbocycles. The van der Waals surface area contributed by atoms with Crippen molar-refractivity contribution in [1.29, 1.82) is 0 Å². The summed E-state index contributed by atoms with van der Waals surface area (Å²) in [5.74, 6) is 7.03. The number of aromatic nitrogens is 1. The van der Waals surface area contributed by atoms with Gasteiger partial charge in [-0.05, 0) is 55.9 Å². The molecule has 2 heterocycles. The fourth-order valence-corrected chi connectivity index (χ4v) is 3.60. The second-order valence-corrected chi connectivity index (χ2v) is 7.96. The molecule has 0 bridgehead atoms. The summed E-state index contributed by atoms with van der Waals surface area (Å²) < 4.78 is 5.16. The molecule has 0 radical (unpaired) electrons. The molecule has 1 amide bonds. The highest BCUT2D eigenvalue weighted by Gasteiger charge is 2.19. The van der Waals surface area contributed by atoms with Crippen LogP contribution in [0.25, 0.3) is 16.6 Å². The van der Waals surface area contributed by atoms with E-state index in [1.54, 1.807) is 14.2 Å². The van der Waals surface area contributed by atoms with Gasteiger partial charge in [0.2, 0.25) is 6.41 Å². The average Bonchev–Trinajstić information content (AvgIpc) is 3.12. The van der Waals surface area contributed by atoms with Gasteiger partial charge < -0.3 is 20.3 Å². The van der Waals surface area contributed by atoms with Crippen LogP contribution in [-0.2, 0) is 11.3 Å². The normalized spacial score (nSPS) is 12.6. The summed E-state index contributed by atoms with van der Waals surface area (Å²) in [4.78, 5) is 17.0. The topological polar surface area (TPSA) is 66.5 Å². The Balaban J connectivity index is 0.000000212. The highest BCUT2D eigenvalue weighted by atomic mass is 16.5. The number of likely N-dealkylation sites (N-methyl/N-ethyl adjacent to an activating group) is 1. The zero-order valence-electron chi connectivity index (χ0n) is 20.1. The van der Waals surface area contributed by atoms with Gasteiger partial charge in [0.1, 0.15) is 11.8 Å². The molecule has 1 aliphatic heterocycles. The maximum Gasteiger partial charge on any atom is 0.211 e. The van der Waals surface area contributed by atoms with Gasteiger partial charge in [0.15, 0.2) is 0 Å². The third kappa shape index (κ3) is 5.83. The molecule has 2 N–H and O–H groups in total. The van der Waals surface area contributed by atoms with Crippen LogP contribution in [0.15, 0.2) is 67.4 Å². The van der Waals surface area contributed by atoms with E-state index in [9.17, 15) is 4.79 Å². The quantitative estimate of drug-likeness (QED) is 0.453. The number of nitrogens with one attached hydrogen (secondary N) is 2. The minimum atomic E-state index is -0.290. The number of benzene rings is 2. The molecule has 0 saturated carbocycles. The first-order valence-electron chi connectivity index (χ1n) is 10.9. The molecular weight excluding hydrogens is 424 g/mol. The van der Waals surface area contributed by atoms with Crippen molar-refractivity contribution < 1.29 is 9.53 Å². The van der Waals surface area contributed by atoms with Crippen molar-refractivity contribution >= 4 is 23.0 Å². The lowest BCUT2D eigenvalue weighted by Crippen LogP contribution is -2.31. The lowest BCUT2D eigenvalue weighted by atomic mass is 10.1. The van der Waals surface area contributed by atoms with Gasteiger partial charge in [0.05, 0.1) is 12.6 Å². The second-order valence-electron chi connectivity index (χ2n) is 7.96. The molecule has 0 fully saturated rings. The number of carbonyl (C=O) groups excluding carboxylic acids is 1. The zero-order chi connectivity index (χ0) is 24.7. The van der Waals surface area contributed by atoms with Gasteiger partial charge in [0.25, 0.3) is 0 Å². The summed E-state index contributed by atoms with van der Waals surface area (Å²) in [6.45, 7) is 10.7. The van der Waals surface area contributed by atoms with Crippen LogP contribution in [0.5, 0.6) is 5.75 Å². The zero-order valence-corrected chi connectivity index (χ0v) is 20.1. The van der Waals surface area contributed by atoms with Gasteiger partial charge in [-0.3, -0.25) is 9.78 Å². The Morgan fingerprint density at radius 3 is 2.74 bits per heavy atom. The lowest BCUT2D eigenvalue weighted by molar-refractivity contribution is -0.109. The van der Waals surface area contributed by atoms with Crippen molar-refractivity contribution in [2.24, 2.45) is 0 Å². The molecule has 3 aromatic rings. The van der Waals surface area contributed by atoms with Crippen molar-refractivity contribution in [3.63, 3.8) is 0 Å². The van der Waals surface area contributed by atoms with Gasteiger partial charge in [-0.2, -0.15) is 0 Å². The minimum absolute atomic E-state index is 0.290. The molecule has 6 heteroatoms. The van der Waals surface area contributed by atoms with E-state index in [1.165, 1.54) is 11.1 Å². The predicted molar refractivity (Wildman–Crippen MR) is 138 cm³/mol. The number of fused-ring (bicyclic) bond motifs is 2. The van der Waals surface area contributed by atoms with Crippen LogP contribution in [0.1, 0.15) is 22.4 Å². The molecule has 0 spiro atoms. The number of ether oxygens (including phenoxy) is 1. The van der Waals surface area contributed by atoms with Gasteiger partial charge in [-0.25, -0.2) is 0 Å². The van der Waals surface area contributed by atoms with Crippen molar-refractivity contribution in [2.45, 2.75) is 19.5 Å². The number of hydrogen-bond acceptors (Lipinski definition) is 5. The van der Waals surface area contributed by atoms with Crippen LogP contribution in [0.2, 0.25) is 0 Å². The van der Waals surface area contributed by atoms with E-state index in [0.29, 0.717) is 12.1 Å². The molecule has 0 aliphatic carbocycles. The van der Waals surface area contributed by atoms with E-state index < -0.39 is 0 Å². The minimum Gasteiger partial charge on any atom is -0.497 e. The average molecular weight is 455 g/mol. The van der Waals surface area contributed by atoms with E-state index in [2.05, 4.69) is 58.6 Å². The summed E-state index contributed by atoms with van der Waals surface area (Å²) in [7, 11) is 5.50. The smallest absolute Gasteiger partial charge is 0.211 e. The van der Waals surface area contributed by atoms with Crippen molar-refractivity contribution in [3.05, 3.63) is 89.8 Å². The third-order valence-electron chi connectivity index (χ3n) is 5.57. The van der Waals surface area contributed by atoms with Crippen molar-refractivity contribution in [3.8, 4) is 17.6 Å². The molecule has 1 aliphatic rings. The number of methoxy groups -OCH3 is 1. The van der Waals surface area contributed by atoms with Crippen LogP contribution in [0.3, 0.4) is 0 Å². The number of hydrogen-bond donors (Lipinski definition) is 2. The molecule has 0 saturated heterocycles. The molecule has 34 heavy (non-hydrogen) atoms. The van der Waals surface area contributed by atoms with Gasteiger partial charge in [-0.15, -0.1) is 0 Å². The van der Waals surface area contributed by atoms with Crippen molar-refractivity contribution in [2.75, 3.05) is 21.2 Å². The Morgan fingerprint density at radius 1 is 1.24 bits per heavy atom. The Kier molecular flexibility index (Phi) is 8.07. The maximum atomic E-state index is 10.4.